The van der Waals surface area contributed by atoms with E-state index in [2.05, 4.69) is 30.9 Å². The van der Waals surface area contributed by atoms with Gasteiger partial charge in [0.25, 0.3) is 0 Å². The van der Waals surface area contributed by atoms with E-state index in [9.17, 15) is 24.3 Å². The second-order valence-electron chi connectivity index (χ2n) is 9.93. The Labute approximate surface area is 254 Å². The second kappa shape index (κ2) is 16.7. The van der Waals surface area contributed by atoms with Crippen molar-refractivity contribution in [3.8, 4) is 5.75 Å². The van der Waals surface area contributed by atoms with Gasteiger partial charge in [0.15, 0.2) is 5.96 Å². The SMILES string of the molecule is NC(=O)[C@@H](CCCN=C(N)N)NC(=O)[C@@H](Cc1ccccc1)NC(=O)[C@H](Cc1cnc[nH]1)NC(=O)/C=C/c1cccc(O)c1. The molecule has 14 heteroatoms. The molecule has 0 aliphatic carbocycles. The number of primary amides is 1. The quantitative estimate of drug-likeness (QED) is 0.0462. The van der Waals surface area contributed by atoms with E-state index in [4.69, 9.17) is 17.2 Å². The number of imidazole rings is 1. The van der Waals surface area contributed by atoms with Crippen molar-refractivity contribution >= 4 is 35.7 Å². The molecular formula is C30H37N9O5. The van der Waals surface area contributed by atoms with Crippen LogP contribution in [-0.2, 0) is 32.0 Å². The summed E-state index contributed by atoms with van der Waals surface area (Å²) in [5.41, 5.74) is 18.1. The third-order valence-electron chi connectivity index (χ3n) is 6.43. The van der Waals surface area contributed by atoms with E-state index in [0.717, 1.165) is 5.56 Å². The first-order valence-electron chi connectivity index (χ1n) is 13.8. The normalized spacial score (nSPS) is 12.9. The van der Waals surface area contributed by atoms with Crippen molar-refractivity contribution < 1.29 is 24.3 Å². The Bertz CT molecular complexity index is 1450. The lowest BCUT2D eigenvalue weighted by Crippen LogP contribution is -2.57. The number of H-pyrrole nitrogens is 1. The van der Waals surface area contributed by atoms with E-state index in [1.54, 1.807) is 36.4 Å². The molecule has 0 saturated heterocycles. The van der Waals surface area contributed by atoms with Crippen LogP contribution in [0.2, 0.25) is 0 Å². The van der Waals surface area contributed by atoms with Gasteiger partial charge in [0.05, 0.1) is 6.33 Å². The molecule has 0 unspecified atom stereocenters. The zero-order valence-corrected chi connectivity index (χ0v) is 24.0. The van der Waals surface area contributed by atoms with Crippen molar-refractivity contribution in [3.63, 3.8) is 0 Å². The minimum Gasteiger partial charge on any atom is -0.508 e. The average Bonchev–Trinajstić information content (AvgIpc) is 3.50. The maximum atomic E-state index is 13.6. The average molecular weight is 604 g/mol. The predicted molar refractivity (Wildman–Crippen MR) is 164 cm³/mol. The number of carbonyl (C=O) groups is 4. The fourth-order valence-electron chi connectivity index (χ4n) is 4.24. The molecule has 44 heavy (non-hydrogen) atoms. The number of carbonyl (C=O) groups excluding carboxylic acids is 4. The fraction of sp³-hybridized carbons (Fsp3) is 0.267. The lowest BCUT2D eigenvalue weighted by atomic mass is 10.0. The maximum Gasteiger partial charge on any atom is 0.244 e. The van der Waals surface area contributed by atoms with Crippen LogP contribution in [0.25, 0.3) is 6.08 Å². The van der Waals surface area contributed by atoms with Crippen molar-refractivity contribution in [2.24, 2.45) is 22.2 Å². The molecule has 0 fully saturated rings. The number of aromatic amines is 1. The Morgan fingerprint density at radius 2 is 1.61 bits per heavy atom. The Kier molecular flexibility index (Phi) is 12.5. The van der Waals surface area contributed by atoms with Crippen LogP contribution in [0.5, 0.6) is 5.75 Å². The Morgan fingerprint density at radius 1 is 0.909 bits per heavy atom. The van der Waals surface area contributed by atoms with E-state index in [1.165, 1.54) is 36.8 Å². The summed E-state index contributed by atoms with van der Waals surface area (Å²) < 4.78 is 0. The molecule has 0 bridgehead atoms. The summed E-state index contributed by atoms with van der Waals surface area (Å²) in [5, 5.41) is 17.7. The number of nitrogens with zero attached hydrogens (tertiary/aromatic N) is 2. The number of aromatic hydroxyl groups is 1. The molecule has 4 amide bonds. The van der Waals surface area contributed by atoms with Crippen LogP contribution in [0, 0.1) is 0 Å². The molecule has 1 heterocycles. The summed E-state index contributed by atoms with van der Waals surface area (Å²) in [6.45, 7) is 0.237. The monoisotopic (exact) mass is 603 g/mol. The van der Waals surface area contributed by atoms with Crippen LogP contribution in [0.3, 0.4) is 0 Å². The number of hydrogen-bond donors (Lipinski definition) is 8. The second-order valence-corrected chi connectivity index (χ2v) is 9.93. The zero-order valence-electron chi connectivity index (χ0n) is 24.0. The number of aliphatic imine (C=N–C) groups is 1. The van der Waals surface area contributed by atoms with Crippen LogP contribution >= 0.6 is 0 Å². The molecular weight excluding hydrogens is 566 g/mol. The van der Waals surface area contributed by atoms with Gasteiger partial charge in [-0.3, -0.25) is 24.2 Å². The van der Waals surface area contributed by atoms with Crippen molar-refractivity contribution in [1.29, 1.82) is 0 Å². The van der Waals surface area contributed by atoms with Gasteiger partial charge in [-0.25, -0.2) is 4.98 Å². The van der Waals surface area contributed by atoms with Crippen LogP contribution < -0.4 is 33.2 Å². The van der Waals surface area contributed by atoms with Gasteiger partial charge in [0.2, 0.25) is 23.6 Å². The summed E-state index contributed by atoms with van der Waals surface area (Å²) >= 11 is 0. The molecule has 3 atom stereocenters. The molecule has 2 aromatic carbocycles. The lowest BCUT2D eigenvalue weighted by molar-refractivity contribution is -0.132. The molecule has 0 radical (unpaired) electrons. The van der Waals surface area contributed by atoms with Crippen LogP contribution in [0.1, 0.15) is 29.7 Å². The van der Waals surface area contributed by atoms with Crippen LogP contribution in [0.15, 0.2) is 78.2 Å². The number of rotatable bonds is 16. The molecule has 14 nitrogen and oxygen atoms in total. The summed E-state index contributed by atoms with van der Waals surface area (Å²) in [5.74, 6) is -2.66. The largest absolute Gasteiger partial charge is 0.508 e. The number of phenolic OH excluding ortho intramolecular Hbond substituents is 1. The molecule has 3 rings (SSSR count). The summed E-state index contributed by atoms with van der Waals surface area (Å²) in [4.78, 5) is 62.7. The van der Waals surface area contributed by atoms with Gasteiger partial charge < -0.3 is 43.2 Å². The highest BCUT2D eigenvalue weighted by Gasteiger charge is 2.29. The number of aromatic nitrogens is 2. The number of phenols is 1. The first-order valence-corrected chi connectivity index (χ1v) is 13.8. The van der Waals surface area contributed by atoms with Gasteiger partial charge in [-0.2, -0.15) is 0 Å². The molecule has 3 aromatic rings. The standard InChI is InChI=1S/C30H37N9O5/c31-27(42)23(10-5-13-35-30(32)33)38-28(43)24(15-19-6-2-1-3-7-19)39-29(44)25(16-21-17-34-18-36-21)37-26(41)12-11-20-8-4-9-22(40)14-20/h1-4,6-9,11-12,14,17-18,23-25,40H,5,10,13,15-16H2,(H2,31,42)(H,34,36)(H,37,41)(H,38,43)(H,39,44)(H4,32,33,35)/b12-11+/t23-,24-,25+/m1/s1. The maximum absolute atomic E-state index is 13.6. The molecule has 0 spiro atoms. The topological polar surface area (TPSA) is 244 Å². The number of benzene rings is 2. The Morgan fingerprint density at radius 3 is 2.25 bits per heavy atom. The van der Waals surface area contributed by atoms with Crippen molar-refractivity contribution in [2.75, 3.05) is 6.54 Å². The summed E-state index contributed by atoms with van der Waals surface area (Å²) in [7, 11) is 0. The smallest absolute Gasteiger partial charge is 0.244 e. The number of guanidine groups is 1. The molecule has 1 aromatic heterocycles. The lowest BCUT2D eigenvalue weighted by Gasteiger charge is -2.24. The van der Waals surface area contributed by atoms with E-state index >= 15 is 0 Å². The highest BCUT2D eigenvalue weighted by molar-refractivity contribution is 5.97. The van der Waals surface area contributed by atoms with Gasteiger partial charge in [-0.15, -0.1) is 0 Å². The number of hydrogen-bond acceptors (Lipinski definition) is 7. The third-order valence-corrected chi connectivity index (χ3v) is 6.43. The van der Waals surface area contributed by atoms with Crippen LogP contribution in [-0.4, -0.2) is 69.3 Å². The first kappa shape index (κ1) is 32.8. The van der Waals surface area contributed by atoms with Gasteiger partial charge in [-0.05, 0) is 42.2 Å². The van der Waals surface area contributed by atoms with Crippen molar-refractivity contribution in [1.82, 2.24) is 25.9 Å². The third kappa shape index (κ3) is 11.3. The van der Waals surface area contributed by atoms with Crippen LogP contribution in [0.4, 0.5) is 0 Å². The molecule has 232 valence electrons. The number of nitrogens with two attached hydrogens (primary N) is 3. The molecule has 0 aliphatic heterocycles. The van der Waals surface area contributed by atoms with Gasteiger partial charge in [-0.1, -0.05) is 42.5 Å². The van der Waals surface area contributed by atoms with E-state index in [0.29, 0.717) is 17.7 Å². The predicted octanol–water partition coefficient (Wildman–Crippen LogP) is -0.393. The van der Waals surface area contributed by atoms with Crippen molar-refractivity contribution in [3.05, 3.63) is 90.0 Å². The highest BCUT2D eigenvalue weighted by atomic mass is 16.3. The van der Waals surface area contributed by atoms with Crippen molar-refractivity contribution in [2.45, 2.75) is 43.8 Å². The number of amides is 4. The van der Waals surface area contributed by atoms with E-state index in [-0.39, 0.29) is 37.5 Å². The Hall–Kier alpha value is -5.66. The number of nitrogens with one attached hydrogen (secondary N) is 4. The van der Waals surface area contributed by atoms with Gasteiger partial charge in [0, 0.05) is 37.4 Å². The minimum atomic E-state index is -1.12. The fourth-order valence-corrected chi connectivity index (χ4v) is 4.24. The summed E-state index contributed by atoms with van der Waals surface area (Å²) in [6.07, 6.45) is 6.37. The molecule has 11 N–H and O–H groups in total. The zero-order chi connectivity index (χ0) is 31.9. The van der Waals surface area contributed by atoms with Gasteiger partial charge in [0.1, 0.15) is 23.9 Å². The molecule has 0 saturated carbocycles. The summed E-state index contributed by atoms with van der Waals surface area (Å²) in [6, 6.07) is 12.1. The highest BCUT2D eigenvalue weighted by Crippen LogP contribution is 2.12. The molecule has 0 aliphatic rings. The van der Waals surface area contributed by atoms with E-state index in [1.807, 2.05) is 6.07 Å². The first-order chi connectivity index (χ1) is 21.1. The minimum absolute atomic E-state index is 0.0409. The Balaban J connectivity index is 1.78. The van der Waals surface area contributed by atoms with Gasteiger partial charge >= 0.3 is 0 Å². The van der Waals surface area contributed by atoms with E-state index < -0.39 is 41.8 Å².